The van der Waals surface area contributed by atoms with Crippen molar-refractivity contribution in [3.05, 3.63) is 35.9 Å². The number of thioether (sulfide) groups is 1. The molecule has 1 amide bonds. The molecule has 0 aromatic heterocycles. The highest BCUT2D eigenvalue weighted by Crippen LogP contribution is 2.05. The van der Waals surface area contributed by atoms with Crippen LogP contribution in [0.5, 0.6) is 0 Å². The van der Waals surface area contributed by atoms with Crippen LogP contribution in [0.1, 0.15) is 25.8 Å². The maximum atomic E-state index is 11.9. The van der Waals surface area contributed by atoms with E-state index < -0.39 is 6.04 Å². The summed E-state index contributed by atoms with van der Waals surface area (Å²) in [6.45, 7) is 4.17. The number of hydrogen-bond acceptors (Lipinski definition) is 3. The lowest BCUT2D eigenvalue weighted by molar-refractivity contribution is -0.122. The van der Waals surface area contributed by atoms with Crippen LogP contribution < -0.4 is 11.1 Å². The Morgan fingerprint density at radius 1 is 1.37 bits per heavy atom. The van der Waals surface area contributed by atoms with Crippen LogP contribution in [0.25, 0.3) is 0 Å². The van der Waals surface area contributed by atoms with Gasteiger partial charge in [0.1, 0.15) is 0 Å². The number of amides is 1. The first-order valence-corrected chi connectivity index (χ1v) is 7.96. The van der Waals surface area contributed by atoms with Crippen LogP contribution in [0.3, 0.4) is 0 Å². The summed E-state index contributed by atoms with van der Waals surface area (Å²) in [7, 11) is 0. The lowest BCUT2D eigenvalue weighted by Crippen LogP contribution is -2.45. The first-order chi connectivity index (χ1) is 9.13. The maximum Gasteiger partial charge on any atom is 0.237 e. The zero-order chi connectivity index (χ0) is 14.1. The van der Waals surface area contributed by atoms with E-state index in [0.29, 0.717) is 6.42 Å². The average molecular weight is 280 g/mol. The van der Waals surface area contributed by atoms with Gasteiger partial charge in [-0.25, -0.2) is 0 Å². The number of nitrogens with two attached hydrogens (primary N) is 1. The van der Waals surface area contributed by atoms with Gasteiger partial charge in [0.2, 0.25) is 5.91 Å². The van der Waals surface area contributed by atoms with Gasteiger partial charge in [-0.15, -0.1) is 0 Å². The zero-order valence-corrected chi connectivity index (χ0v) is 12.6. The predicted octanol–water partition coefficient (Wildman–Crippen LogP) is 2.20. The Kier molecular flexibility index (Phi) is 7.60. The van der Waals surface area contributed by atoms with Crippen molar-refractivity contribution in [2.24, 2.45) is 5.73 Å². The van der Waals surface area contributed by atoms with Crippen molar-refractivity contribution < 1.29 is 4.79 Å². The molecular weight excluding hydrogens is 256 g/mol. The van der Waals surface area contributed by atoms with Gasteiger partial charge in [-0.3, -0.25) is 4.79 Å². The summed E-state index contributed by atoms with van der Waals surface area (Å²) < 4.78 is 0. The fourth-order valence-electron chi connectivity index (χ4n) is 1.79. The maximum absolute atomic E-state index is 11.9. The highest BCUT2D eigenvalue weighted by atomic mass is 32.2. The van der Waals surface area contributed by atoms with Gasteiger partial charge in [0.25, 0.3) is 0 Å². The van der Waals surface area contributed by atoms with Gasteiger partial charge >= 0.3 is 0 Å². The molecule has 19 heavy (non-hydrogen) atoms. The van der Waals surface area contributed by atoms with E-state index in [0.717, 1.165) is 23.5 Å². The molecule has 0 bridgehead atoms. The third-order valence-electron chi connectivity index (χ3n) is 2.92. The Morgan fingerprint density at radius 2 is 2.05 bits per heavy atom. The van der Waals surface area contributed by atoms with Crippen molar-refractivity contribution in [3.63, 3.8) is 0 Å². The van der Waals surface area contributed by atoms with E-state index in [9.17, 15) is 4.79 Å². The van der Waals surface area contributed by atoms with Gasteiger partial charge in [-0.2, -0.15) is 11.8 Å². The normalized spacial score (nSPS) is 13.8. The van der Waals surface area contributed by atoms with E-state index in [4.69, 9.17) is 5.73 Å². The van der Waals surface area contributed by atoms with Gasteiger partial charge in [-0.1, -0.05) is 37.3 Å². The summed E-state index contributed by atoms with van der Waals surface area (Å²) in [6.07, 6.45) is 1.57. The second kappa shape index (κ2) is 8.99. The smallest absolute Gasteiger partial charge is 0.237 e. The Balaban J connectivity index is 2.32. The highest BCUT2D eigenvalue weighted by Gasteiger charge is 2.15. The number of carbonyl (C=O) groups is 1. The van der Waals surface area contributed by atoms with Crippen molar-refractivity contribution in [2.45, 2.75) is 38.8 Å². The first kappa shape index (κ1) is 16.1. The van der Waals surface area contributed by atoms with Crippen molar-refractivity contribution in [3.8, 4) is 0 Å². The standard InChI is InChI=1S/C15H24N2OS/c1-3-19-10-9-12(2)17-15(18)14(16)11-13-7-5-4-6-8-13/h4-8,12,14H,3,9-11,16H2,1-2H3,(H,17,18)/t12?,14-/m1/s1. The number of rotatable bonds is 8. The molecule has 3 nitrogen and oxygen atoms in total. The molecule has 0 aliphatic heterocycles. The molecular formula is C15H24N2OS. The highest BCUT2D eigenvalue weighted by molar-refractivity contribution is 7.99. The summed E-state index contributed by atoms with van der Waals surface area (Å²) in [6, 6.07) is 9.60. The minimum atomic E-state index is -0.469. The van der Waals surface area contributed by atoms with Crippen LogP contribution in [-0.2, 0) is 11.2 Å². The largest absolute Gasteiger partial charge is 0.352 e. The second-order valence-electron chi connectivity index (χ2n) is 4.69. The van der Waals surface area contributed by atoms with Gasteiger partial charge in [0.05, 0.1) is 6.04 Å². The molecule has 2 atom stereocenters. The molecule has 1 aromatic carbocycles. The van der Waals surface area contributed by atoms with Crippen molar-refractivity contribution >= 4 is 17.7 Å². The van der Waals surface area contributed by atoms with Crippen LogP contribution >= 0.6 is 11.8 Å². The van der Waals surface area contributed by atoms with Crippen LogP contribution in [-0.4, -0.2) is 29.5 Å². The van der Waals surface area contributed by atoms with E-state index in [1.807, 2.05) is 49.0 Å². The van der Waals surface area contributed by atoms with Crippen LogP contribution in [0, 0.1) is 0 Å². The SMILES string of the molecule is CCSCCC(C)NC(=O)[C@H](N)Cc1ccccc1. The molecule has 1 aromatic rings. The minimum Gasteiger partial charge on any atom is -0.352 e. The summed E-state index contributed by atoms with van der Waals surface area (Å²) in [5, 5.41) is 2.98. The minimum absolute atomic E-state index is 0.0575. The quantitative estimate of drug-likeness (QED) is 0.718. The molecule has 0 saturated heterocycles. The molecule has 0 spiro atoms. The van der Waals surface area contributed by atoms with Crippen LogP contribution in [0.2, 0.25) is 0 Å². The molecule has 106 valence electrons. The fraction of sp³-hybridized carbons (Fsp3) is 0.533. The predicted molar refractivity (Wildman–Crippen MR) is 83.3 cm³/mol. The first-order valence-electron chi connectivity index (χ1n) is 6.81. The van der Waals surface area contributed by atoms with Crippen molar-refractivity contribution in [2.75, 3.05) is 11.5 Å². The van der Waals surface area contributed by atoms with Crippen LogP contribution in [0.4, 0.5) is 0 Å². The van der Waals surface area contributed by atoms with Crippen molar-refractivity contribution in [1.82, 2.24) is 5.32 Å². The van der Waals surface area contributed by atoms with Crippen molar-refractivity contribution in [1.29, 1.82) is 0 Å². The van der Waals surface area contributed by atoms with Gasteiger partial charge < -0.3 is 11.1 Å². The molecule has 0 heterocycles. The molecule has 0 aliphatic carbocycles. The molecule has 0 radical (unpaired) electrons. The Morgan fingerprint density at radius 3 is 2.68 bits per heavy atom. The third kappa shape index (κ3) is 6.64. The van der Waals surface area contributed by atoms with Gasteiger partial charge in [-0.05, 0) is 36.8 Å². The zero-order valence-electron chi connectivity index (χ0n) is 11.8. The lowest BCUT2D eigenvalue weighted by Gasteiger charge is -2.17. The topological polar surface area (TPSA) is 55.1 Å². The van der Waals surface area contributed by atoms with E-state index in [1.165, 1.54) is 0 Å². The summed E-state index contributed by atoms with van der Waals surface area (Å²) in [5.41, 5.74) is 7.03. The Labute approximate surface area is 120 Å². The van der Waals surface area contributed by atoms with Gasteiger partial charge in [0, 0.05) is 6.04 Å². The van der Waals surface area contributed by atoms with E-state index in [2.05, 4.69) is 12.2 Å². The molecule has 1 rings (SSSR count). The molecule has 1 unspecified atom stereocenters. The number of hydrogen-bond donors (Lipinski definition) is 2. The molecule has 0 aliphatic rings. The number of benzene rings is 1. The Bertz CT molecular complexity index is 370. The second-order valence-corrected chi connectivity index (χ2v) is 6.09. The summed E-state index contributed by atoms with van der Waals surface area (Å²) in [4.78, 5) is 11.9. The monoisotopic (exact) mass is 280 g/mol. The molecule has 4 heteroatoms. The average Bonchev–Trinajstić information content (AvgIpc) is 2.40. The Hall–Kier alpha value is -1.00. The third-order valence-corrected chi connectivity index (χ3v) is 3.86. The number of carbonyl (C=O) groups excluding carboxylic acids is 1. The van der Waals surface area contributed by atoms with E-state index in [-0.39, 0.29) is 11.9 Å². The van der Waals surface area contributed by atoms with Crippen LogP contribution in [0.15, 0.2) is 30.3 Å². The molecule has 0 saturated carbocycles. The molecule has 3 N–H and O–H groups in total. The summed E-state index contributed by atoms with van der Waals surface area (Å²) in [5.74, 6) is 2.14. The lowest BCUT2D eigenvalue weighted by atomic mass is 10.1. The van der Waals surface area contributed by atoms with E-state index in [1.54, 1.807) is 0 Å². The molecule has 0 fully saturated rings. The van der Waals surface area contributed by atoms with E-state index >= 15 is 0 Å². The number of nitrogens with one attached hydrogen (secondary N) is 1. The van der Waals surface area contributed by atoms with Gasteiger partial charge in [0.15, 0.2) is 0 Å². The fourth-order valence-corrected chi connectivity index (χ4v) is 2.60. The summed E-state index contributed by atoms with van der Waals surface area (Å²) >= 11 is 1.89.